The van der Waals surface area contributed by atoms with E-state index in [4.69, 9.17) is 15.2 Å². The molecule has 0 fully saturated rings. The van der Waals surface area contributed by atoms with Crippen LogP contribution < -0.4 is 21.1 Å². The zero-order chi connectivity index (χ0) is 26.4. The standard InChI is InChI=1S/C28H22N4O6/c29-16-6-8-20-22(14-16)37-23-15-17(31-27(36)30-12-3-13-32-24(33)10-11-25(32)34)7-9-21(23)28(20)19-5-2-1-4-18(19)26(35)38-28/h1-2,4-11,14-15H,3,12-13,29H2,(H2,30,31,36). The number of urea groups is 1. The van der Waals surface area contributed by atoms with Crippen molar-refractivity contribution >= 4 is 35.2 Å². The van der Waals surface area contributed by atoms with Crippen LogP contribution in [0, 0.1) is 0 Å². The highest BCUT2D eigenvalue weighted by atomic mass is 16.6. The van der Waals surface area contributed by atoms with Crippen molar-refractivity contribution in [2.75, 3.05) is 24.1 Å². The molecule has 3 aromatic carbocycles. The molecule has 6 rings (SSSR count). The van der Waals surface area contributed by atoms with Crippen LogP contribution in [0.3, 0.4) is 0 Å². The lowest BCUT2D eigenvalue weighted by Crippen LogP contribution is -2.35. The van der Waals surface area contributed by atoms with Crippen LogP contribution in [0.5, 0.6) is 11.5 Å². The summed E-state index contributed by atoms with van der Waals surface area (Å²) in [5, 5.41) is 5.47. The summed E-state index contributed by atoms with van der Waals surface area (Å²) in [6.45, 7) is 0.468. The molecule has 3 aliphatic rings. The molecule has 3 heterocycles. The van der Waals surface area contributed by atoms with E-state index < -0.39 is 17.6 Å². The lowest BCUT2D eigenvalue weighted by molar-refractivity contribution is -0.136. The normalized spacial score (nSPS) is 18.5. The third kappa shape index (κ3) is 3.65. The third-order valence-electron chi connectivity index (χ3n) is 6.74. The van der Waals surface area contributed by atoms with E-state index in [9.17, 15) is 19.2 Å². The molecule has 4 N–H and O–H groups in total. The van der Waals surface area contributed by atoms with Crippen molar-refractivity contribution in [3.63, 3.8) is 0 Å². The summed E-state index contributed by atoms with van der Waals surface area (Å²) in [6.07, 6.45) is 2.86. The highest BCUT2D eigenvalue weighted by Gasteiger charge is 2.53. The van der Waals surface area contributed by atoms with Gasteiger partial charge in [-0.2, -0.15) is 0 Å². The van der Waals surface area contributed by atoms with Gasteiger partial charge in [0.25, 0.3) is 11.8 Å². The second-order valence-electron chi connectivity index (χ2n) is 9.08. The Kier molecular flexibility index (Phi) is 5.37. The Morgan fingerprint density at radius 1 is 0.895 bits per heavy atom. The molecule has 1 atom stereocenters. The van der Waals surface area contributed by atoms with Crippen molar-refractivity contribution in [3.8, 4) is 11.5 Å². The molecular formula is C28H22N4O6. The number of esters is 1. The Morgan fingerprint density at radius 3 is 2.39 bits per heavy atom. The average Bonchev–Trinajstić information content (AvgIpc) is 3.38. The van der Waals surface area contributed by atoms with Gasteiger partial charge in [-0.25, -0.2) is 9.59 Å². The van der Waals surface area contributed by atoms with Crippen molar-refractivity contribution < 1.29 is 28.7 Å². The Morgan fingerprint density at radius 2 is 1.61 bits per heavy atom. The number of ether oxygens (including phenoxy) is 2. The summed E-state index contributed by atoms with van der Waals surface area (Å²) in [5.74, 6) is -0.297. The SMILES string of the molecule is Nc1ccc2c(c1)Oc1cc(NC(=O)NCCCN3C(=O)C=CC3=O)ccc1C21OC(=O)c2ccccc21. The summed E-state index contributed by atoms with van der Waals surface area (Å²) in [7, 11) is 0. The van der Waals surface area contributed by atoms with Crippen molar-refractivity contribution in [1.82, 2.24) is 10.2 Å². The molecule has 0 aliphatic carbocycles. The Hall–Kier alpha value is -5.12. The molecule has 0 aromatic heterocycles. The number of nitrogens with one attached hydrogen (secondary N) is 2. The maximum absolute atomic E-state index is 12.9. The number of benzene rings is 3. The van der Waals surface area contributed by atoms with Gasteiger partial charge >= 0.3 is 12.0 Å². The Labute approximate surface area is 217 Å². The Bertz CT molecular complexity index is 1550. The van der Waals surface area contributed by atoms with Crippen LogP contribution >= 0.6 is 0 Å². The number of nitrogens with zero attached hydrogens (tertiary/aromatic N) is 1. The first kappa shape index (κ1) is 23.3. The molecule has 3 aromatic rings. The van der Waals surface area contributed by atoms with E-state index in [1.54, 1.807) is 48.5 Å². The quantitative estimate of drug-likeness (QED) is 0.207. The minimum atomic E-state index is -1.22. The number of amides is 4. The van der Waals surface area contributed by atoms with Gasteiger partial charge in [-0.1, -0.05) is 18.2 Å². The van der Waals surface area contributed by atoms with Crippen molar-refractivity contribution in [2.45, 2.75) is 12.0 Å². The molecule has 3 aliphatic heterocycles. The summed E-state index contributed by atoms with van der Waals surface area (Å²) in [6, 6.07) is 17.1. The van der Waals surface area contributed by atoms with Gasteiger partial charge < -0.3 is 25.8 Å². The van der Waals surface area contributed by atoms with Gasteiger partial charge in [0.15, 0.2) is 5.60 Å². The predicted molar refractivity (Wildman–Crippen MR) is 137 cm³/mol. The van der Waals surface area contributed by atoms with Gasteiger partial charge in [-0.15, -0.1) is 0 Å². The van der Waals surface area contributed by atoms with E-state index in [1.807, 2.05) is 12.1 Å². The first-order valence-corrected chi connectivity index (χ1v) is 12.0. The fourth-order valence-electron chi connectivity index (χ4n) is 5.04. The van der Waals surface area contributed by atoms with E-state index in [-0.39, 0.29) is 24.9 Å². The highest BCUT2D eigenvalue weighted by molar-refractivity contribution is 6.12. The van der Waals surface area contributed by atoms with E-state index in [2.05, 4.69) is 10.6 Å². The van der Waals surface area contributed by atoms with Crippen molar-refractivity contribution in [1.29, 1.82) is 0 Å². The lowest BCUT2D eigenvalue weighted by atomic mass is 9.77. The molecule has 1 spiro atoms. The second-order valence-corrected chi connectivity index (χ2v) is 9.08. The fraction of sp³-hybridized carbons (Fsp3) is 0.143. The minimum Gasteiger partial charge on any atom is -0.456 e. The van der Waals surface area contributed by atoms with E-state index in [1.165, 1.54) is 12.2 Å². The molecule has 10 nitrogen and oxygen atoms in total. The van der Waals surface area contributed by atoms with Gasteiger partial charge in [-0.3, -0.25) is 14.5 Å². The molecule has 38 heavy (non-hydrogen) atoms. The van der Waals surface area contributed by atoms with Gasteiger partial charge in [0.1, 0.15) is 11.5 Å². The molecule has 4 amide bonds. The number of carbonyl (C=O) groups excluding carboxylic acids is 4. The fourth-order valence-corrected chi connectivity index (χ4v) is 5.04. The number of carbonyl (C=O) groups is 4. The van der Waals surface area contributed by atoms with Crippen LogP contribution in [0.15, 0.2) is 72.8 Å². The van der Waals surface area contributed by atoms with Gasteiger partial charge in [0.2, 0.25) is 0 Å². The van der Waals surface area contributed by atoms with Gasteiger partial charge in [0.05, 0.1) is 5.56 Å². The topological polar surface area (TPSA) is 140 Å². The van der Waals surface area contributed by atoms with Gasteiger partial charge in [0, 0.05) is 65.4 Å². The maximum atomic E-state index is 12.9. The molecule has 0 bridgehead atoms. The molecule has 1 unspecified atom stereocenters. The second kappa shape index (κ2) is 8.77. The minimum absolute atomic E-state index is 0.211. The number of nitrogen functional groups attached to an aromatic ring is 1. The highest BCUT2D eigenvalue weighted by Crippen LogP contribution is 2.56. The summed E-state index contributed by atoms with van der Waals surface area (Å²) in [5.41, 5.74) is 8.19. The van der Waals surface area contributed by atoms with E-state index >= 15 is 0 Å². The number of imide groups is 1. The summed E-state index contributed by atoms with van der Waals surface area (Å²) >= 11 is 0. The summed E-state index contributed by atoms with van der Waals surface area (Å²) in [4.78, 5) is 49.7. The van der Waals surface area contributed by atoms with Crippen LogP contribution in [0.4, 0.5) is 16.2 Å². The van der Waals surface area contributed by atoms with E-state index in [0.29, 0.717) is 51.5 Å². The average molecular weight is 511 g/mol. The van der Waals surface area contributed by atoms with Crippen LogP contribution in [0.25, 0.3) is 0 Å². The first-order chi connectivity index (χ1) is 18.4. The molecular weight excluding hydrogens is 488 g/mol. The van der Waals surface area contributed by atoms with Crippen molar-refractivity contribution in [3.05, 3.63) is 95.1 Å². The first-order valence-electron chi connectivity index (χ1n) is 12.0. The summed E-state index contributed by atoms with van der Waals surface area (Å²) < 4.78 is 12.3. The number of nitrogens with two attached hydrogens (primary N) is 1. The number of hydrogen-bond donors (Lipinski definition) is 3. The molecule has 190 valence electrons. The predicted octanol–water partition coefficient (Wildman–Crippen LogP) is 3.27. The molecule has 0 saturated carbocycles. The van der Waals surface area contributed by atoms with Crippen LogP contribution in [-0.2, 0) is 19.9 Å². The number of rotatable bonds is 5. The lowest BCUT2D eigenvalue weighted by Gasteiger charge is -2.36. The number of fused-ring (bicyclic) bond motifs is 6. The zero-order valence-corrected chi connectivity index (χ0v) is 20.0. The maximum Gasteiger partial charge on any atom is 0.340 e. The van der Waals surface area contributed by atoms with Crippen LogP contribution in [0.1, 0.15) is 33.5 Å². The zero-order valence-electron chi connectivity index (χ0n) is 20.0. The molecule has 0 radical (unpaired) electrons. The van der Waals surface area contributed by atoms with Crippen LogP contribution in [-0.4, -0.2) is 41.8 Å². The van der Waals surface area contributed by atoms with Crippen LogP contribution in [0.2, 0.25) is 0 Å². The monoisotopic (exact) mass is 510 g/mol. The smallest absolute Gasteiger partial charge is 0.340 e. The van der Waals surface area contributed by atoms with Gasteiger partial charge in [-0.05, 0) is 36.8 Å². The molecule has 0 saturated heterocycles. The number of anilines is 2. The van der Waals surface area contributed by atoms with Crippen molar-refractivity contribution in [2.24, 2.45) is 0 Å². The molecule has 10 heteroatoms. The third-order valence-corrected chi connectivity index (χ3v) is 6.74. The Balaban J connectivity index is 1.23. The van der Waals surface area contributed by atoms with E-state index in [0.717, 1.165) is 4.90 Å². The largest absolute Gasteiger partial charge is 0.456 e. The number of hydrogen-bond acceptors (Lipinski definition) is 7.